The minimum absolute atomic E-state index is 0.357. The number of rotatable bonds is 6. The Morgan fingerprint density at radius 1 is 1.13 bits per heavy atom. The normalized spacial score (nSPS) is 16.8. The first-order chi connectivity index (χ1) is 6.80. The zero-order chi connectivity index (χ0) is 12.1. The van der Waals surface area contributed by atoms with E-state index in [0.29, 0.717) is 11.5 Å². The van der Waals surface area contributed by atoms with Crippen LogP contribution >= 0.6 is 0 Å². The Morgan fingerprint density at radius 2 is 1.67 bits per heavy atom. The summed E-state index contributed by atoms with van der Waals surface area (Å²) in [6, 6.07) is 0.613. The summed E-state index contributed by atoms with van der Waals surface area (Å²) in [7, 11) is 2.15. The van der Waals surface area contributed by atoms with Crippen molar-refractivity contribution in [1.29, 1.82) is 0 Å². The molecule has 0 aliphatic carbocycles. The Kier molecular flexibility index (Phi) is 6.46. The minimum Gasteiger partial charge on any atom is -0.252 e. The standard InChI is InChI=1S/C13H30N2/c1-8-11(3)12(9-2)14-15(7)10-13(4,5)6/h11-12,14H,8-10H2,1-7H3. The van der Waals surface area contributed by atoms with Crippen molar-refractivity contribution in [3.05, 3.63) is 0 Å². The Hall–Kier alpha value is -0.0800. The molecule has 0 saturated heterocycles. The lowest BCUT2D eigenvalue weighted by Crippen LogP contribution is -2.47. The van der Waals surface area contributed by atoms with Gasteiger partial charge in [-0.25, -0.2) is 5.01 Å². The van der Waals surface area contributed by atoms with E-state index in [4.69, 9.17) is 0 Å². The van der Waals surface area contributed by atoms with Gasteiger partial charge in [0.15, 0.2) is 0 Å². The zero-order valence-corrected chi connectivity index (χ0v) is 11.7. The Balaban J connectivity index is 4.07. The van der Waals surface area contributed by atoms with Gasteiger partial charge >= 0.3 is 0 Å². The SMILES string of the molecule is CCC(C)C(CC)NN(C)CC(C)(C)C. The van der Waals surface area contributed by atoms with Gasteiger partial charge in [-0.15, -0.1) is 0 Å². The molecule has 92 valence electrons. The van der Waals surface area contributed by atoms with Gasteiger partial charge in [0.25, 0.3) is 0 Å². The van der Waals surface area contributed by atoms with Gasteiger partial charge in [-0.2, -0.15) is 0 Å². The highest BCUT2D eigenvalue weighted by atomic mass is 15.5. The molecule has 15 heavy (non-hydrogen) atoms. The van der Waals surface area contributed by atoms with Crippen LogP contribution in [0.3, 0.4) is 0 Å². The lowest BCUT2D eigenvalue weighted by molar-refractivity contribution is 0.119. The molecule has 0 aliphatic rings. The van der Waals surface area contributed by atoms with Gasteiger partial charge in [-0.1, -0.05) is 48.0 Å². The molecule has 0 saturated carbocycles. The summed E-state index contributed by atoms with van der Waals surface area (Å²) in [5.41, 5.74) is 3.96. The highest BCUT2D eigenvalue weighted by molar-refractivity contribution is 4.71. The number of hydrazine groups is 1. The third-order valence-electron chi connectivity index (χ3n) is 2.87. The molecule has 0 amide bonds. The van der Waals surface area contributed by atoms with E-state index in [1.165, 1.54) is 12.8 Å². The maximum absolute atomic E-state index is 3.61. The number of nitrogens with one attached hydrogen (secondary N) is 1. The summed E-state index contributed by atoms with van der Waals surface area (Å²) in [5.74, 6) is 0.748. The first kappa shape index (κ1) is 14.9. The smallest absolute Gasteiger partial charge is 0.0238 e. The topological polar surface area (TPSA) is 15.3 Å². The average Bonchev–Trinajstić information content (AvgIpc) is 2.10. The summed E-state index contributed by atoms with van der Waals surface area (Å²) >= 11 is 0. The van der Waals surface area contributed by atoms with E-state index in [-0.39, 0.29) is 0 Å². The molecule has 0 aromatic carbocycles. The molecule has 2 heteroatoms. The van der Waals surface area contributed by atoms with E-state index in [1.54, 1.807) is 0 Å². The molecule has 2 nitrogen and oxygen atoms in total. The Morgan fingerprint density at radius 3 is 2.00 bits per heavy atom. The van der Waals surface area contributed by atoms with Gasteiger partial charge in [0.1, 0.15) is 0 Å². The quantitative estimate of drug-likeness (QED) is 0.683. The number of hydrogen-bond donors (Lipinski definition) is 1. The third-order valence-corrected chi connectivity index (χ3v) is 2.87. The molecule has 0 fully saturated rings. The van der Waals surface area contributed by atoms with Gasteiger partial charge in [0, 0.05) is 19.6 Å². The van der Waals surface area contributed by atoms with E-state index in [1.807, 2.05) is 0 Å². The van der Waals surface area contributed by atoms with Crippen molar-refractivity contribution < 1.29 is 0 Å². The van der Waals surface area contributed by atoms with Crippen molar-refractivity contribution >= 4 is 0 Å². The molecule has 2 unspecified atom stereocenters. The van der Waals surface area contributed by atoms with Crippen molar-refractivity contribution in [2.45, 2.75) is 60.4 Å². The first-order valence-corrected chi connectivity index (χ1v) is 6.27. The maximum atomic E-state index is 3.61. The zero-order valence-electron chi connectivity index (χ0n) is 11.7. The molecule has 0 rings (SSSR count). The predicted octanol–water partition coefficient (Wildman–Crippen LogP) is 3.29. The Labute approximate surface area is 96.4 Å². The first-order valence-electron chi connectivity index (χ1n) is 6.27. The fraction of sp³-hybridized carbons (Fsp3) is 1.00. The molecule has 0 aromatic rings. The molecule has 0 heterocycles. The summed E-state index contributed by atoms with van der Waals surface area (Å²) in [5, 5.41) is 2.25. The molecule has 0 aliphatic heterocycles. The molecule has 1 N–H and O–H groups in total. The van der Waals surface area contributed by atoms with E-state index in [2.05, 4.69) is 59.0 Å². The third kappa shape index (κ3) is 6.91. The fourth-order valence-corrected chi connectivity index (χ4v) is 1.95. The predicted molar refractivity (Wildman–Crippen MR) is 68.8 cm³/mol. The van der Waals surface area contributed by atoms with Crippen LogP contribution in [-0.4, -0.2) is 24.6 Å². The van der Waals surface area contributed by atoms with Crippen LogP contribution in [0.5, 0.6) is 0 Å². The summed E-state index contributed by atoms with van der Waals surface area (Å²) in [6.07, 6.45) is 2.44. The molecule has 2 atom stereocenters. The molecule has 0 aromatic heterocycles. The van der Waals surface area contributed by atoms with Crippen LogP contribution in [0.4, 0.5) is 0 Å². The molecule has 0 radical (unpaired) electrons. The van der Waals surface area contributed by atoms with Crippen LogP contribution in [0.1, 0.15) is 54.4 Å². The Bertz CT molecular complexity index is 160. The van der Waals surface area contributed by atoms with Crippen molar-refractivity contribution in [2.24, 2.45) is 11.3 Å². The van der Waals surface area contributed by atoms with E-state index < -0.39 is 0 Å². The number of hydrogen-bond acceptors (Lipinski definition) is 2. The van der Waals surface area contributed by atoms with Crippen LogP contribution in [0, 0.1) is 11.3 Å². The second-order valence-corrected chi connectivity index (χ2v) is 5.95. The second kappa shape index (κ2) is 6.49. The van der Waals surface area contributed by atoms with Crippen molar-refractivity contribution in [3.8, 4) is 0 Å². The largest absolute Gasteiger partial charge is 0.252 e. The van der Waals surface area contributed by atoms with E-state index in [0.717, 1.165) is 12.5 Å². The van der Waals surface area contributed by atoms with Gasteiger partial charge in [-0.3, -0.25) is 5.43 Å². The highest BCUT2D eigenvalue weighted by Gasteiger charge is 2.18. The van der Waals surface area contributed by atoms with Gasteiger partial charge in [-0.05, 0) is 17.8 Å². The lowest BCUT2D eigenvalue weighted by Gasteiger charge is -2.33. The summed E-state index contributed by atoms with van der Waals surface area (Å²) in [6.45, 7) is 14.7. The lowest BCUT2D eigenvalue weighted by atomic mass is 9.96. The van der Waals surface area contributed by atoms with E-state index in [9.17, 15) is 0 Å². The average molecular weight is 214 g/mol. The number of nitrogens with zero attached hydrogens (tertiary/aromatic N) is 1. The van der Waals surface area contributed by atoms with Gasteiger partial charge in [0.2, 0.25) is 0 Å². The van der Waals surface area contributed by atoms with Crippen LogP contribution < -0.4 is 5.43 Å². The van der Waals surface area contributed by atoms with Gasteiger partial charge < -0.3 is 0 Å². The molecular formula is C13H30N2. The fourth-order valence-electron chi connectivity index (χ4n) is 1.95. The summed E-state index contributed by atoms with van der Waals surface area (Å²) < 4.78 is 0. The van der Waals surface area contributed by atoms with Gasteiger partial charge in [0.05, 0.1) is 0 Å². The molecule has 0 bridgehead atoms. The van der Waals surface area contributed by atoms with Crippen LogP contribution in [0.25, 0.3) is 0 Å². The second-order valence-electron chi connectivity index (χ2n) is 5.95. The van der Waals surface area contributed by atoms with Crippen LogP contribution in [0.2, 0.25) is 0 Å². The van der Waals surface area contributed by atoms with Crippen LogP contribution in [-0.2, 0) is 0 Å². The summed E-state index contributed by atoms with van der Waals surface area (Å²) in [4.78, 5) is 0. The molecule has 0 spiro atoms. The van der Waals surface area contributed by atoms with Crippen LogP contribution in [0.15, 0.2) is 0 Å². The minimum atomic E-state index is 0.357. The van der Waals surface area contributed by atoms with Crippen molar-refractivity contribution in [1.82, 2.24) is 10.4 Å². The van der Waals surface area contributed by atoms with E-state index >= 15 is 0 Å². The highest BCUT2D eigenvalue weighted by Crippen LogP contribution is 2.15. The maximum Gasteiger partial charge on any atom is 0.0238 e. The van der Waals surface area contributed by atoms with Crippen molar-refractivity contribution in [3.63, 3.8) is 0 Å². The molecular weight excluding hydrogens is 184 g/mol. The monoisotopic (exact) mass is 214 g/mol. The van der Waals surface area contributed by atoms with Crippen molar-refractivity contribution in [2.75, 3.05) is 13.6 Å².